The van der Waals surface area contributed by atoms with Gasteiger partial charge in [-0.2, -0.15) is 0 Å². The van der Waals surface area contributed by atoms with Crippen molar-refractivity contribution in [3.05, 3.63) is 30.5 Å². The fraction of sp³-hybridized carbons (Fsp3) is 0.545. The molecule has 2 atom stereocenters. The number of nitrogens with zero attached hydrogens (tertiary/aromatic N) is 1. The van der Waals surface area contributed by atoms with Crippen LogP contribution in [0.5, 0.6) is 5.75 Å². The molecule has 27 heavy (non-hydrogen) atoms. The Labute approximate surface area is 161 Å². The van der Waals surface area contributed by atoms with Crippen LogP contribution >= 0.6 is 0 Å². The highest BCUT2D eigenvalue weighted by atomic mass is 16.5. The summed E-state index contributed by atoms with van der Waals surface area (Å²) >= 11 is 0. The van der Waals surface area contributed by atoms with Crippen molar-refractivity contribution in [2.75, 3.05) is 19.0 Å². The van der Waals surface area contributed by atoms with Crippen LogP contribution < -0.4 is 10.1 Å². The van der Waals surface area contributed by atoms with Gasteiger partial charge >= 0.3 is 0 Å². The minimum absolute atomic E-state index is 0.0682. The third-order valence-electron chi connectivity index (χ3n) is 5.50. The average Bonchev–Trinajstić information content (AvgIpc) is 2.69. The number of unbranched alkanes of at least 4 members (excludes halogenated alkanes) is 1. The molecule has 0 aliphatic heterocycles. The lowest BCUT2D eigenvalue weighted by molar-refractivity contribution is -0.143. The van der Waals surface area contributed by atoms with Crippen molar-refractivity contribution in [2.45, 2.75) is 58.0 Å². The van der Waals surface area contributed by atoms with Crippen LogP contribution in [0.25, 0.3) is 10.9 Å². The molecule has 5 heteroatoms. The highest BCUT2D eigenvalue weighted by molar-refractivity contribution is 6.05. The number of hydrogen-bond donors (Lipinski definition) is 1. The summed E-state index contributed by atoms with van der Waals surface area (Å²) in [6, 6.07) is 7.64. The molecular weight excluding hydrogens is 340 g/mol. The number of anilines is 1. The quantitative estimate of drug-likeness (QED) is 0.701. The second-order valence-corrected chi connectivity index (χ2v) is 7.57. The molecule has 1 aliphatic carbocycles. The zero-order valence-corrected chi connectivity index (χ0v) is 16.6. The molecule has 1 saturated carbocycles. The first-order chi connectivity index (χ1) is 13.1. The number of nitrogens with one attached hydrogen (secondary N) is 1. The Morgan fingerprint density at radius 1 is 1.37 bits per heavy atom. The van der Waals surface area contributed by atoms with Crippen LogP contribution in [-0.2, 0) is 9.53 Å². The molecule has 1 amide bonds. The van der Waals surface area contributed by atoms with Crippen molar-refractivity contribution in [1.82, 2.24) is 4.98 Å². The number of benzene rings is 1. The molecule has 1 heterocycles. The first-order valence-electron chi connectivity index (χ1n) is 9.97. The summed E-state index contributed by atoms with van der Waals surface area (Å²) in [6.07, 6.45) is 7.50. The fourth-order valence-corrected chi connectivity index (χ4v) is 3.92. The van der Waals surface area contributed by atoms with Crippen LogP contribution in [-0.4, -0.2) is 30.2 Å². The number of fused-ring (bicyclic) bond motifs is 1. The van der Waals surface area contributed by atoms with E-state index in [2.05, 4.69) is 24.1 Å². The molecule has 2 unspecified atom stereocenters. The molecule has 2 aromatic rings. The van der Waals surface area contributed by atoms with Gasteiger partial charge in [-0.05, 0) is 55.9 Å². The summed E-state index contributed by atoms with van der Waals surface area (Å²) in [5.74, 6) is 1.17. The van der Waals surface area contributed by atoms with Gasteiger partial charge in [0.15, 0.2) is 0 Å². The summed E-state index contributed by atoms with van der Waals surface area (Å²) in [7, 11) is 1.64. The van der Waals surface area contributed by atoms with Gasteiger partial charge in [-0.3, -0.25) is 9.78 Å². The second kappa shape index (κ2) is 8.70. The standard InChI is InChI=1S/C22H30N2O3/c1-4-5-14-27-19-11-10-18(17-9-7-13-23-20(17)19)24-21(25)22(26-3)12-6-8-16(2)15-22/h7,9-11,13,16H,4-6,8,12,14-15H2,1-3H3,(H,24,25). The molecule has 5 nitrogen and oxygen atoms in total. The van der Waals surface area contributed by atoms with Gasteiger partial charge in [0.05, 0.1) is 12.3 Å². The Kier molecular flexibility index (Phi) is 6.32. The number of amides is 1. The zero-order chi connectivity index (χ0) is 19.3. The monoisotopic (exact) mass is 370 g/mol. The van der Waals surface area contributed by atoms with Gasteiger partial charge in [0.2, 0.25) is 0 Å². The summed E-state index contributed by atoms with van der Waals surface area (Å²) in [5, 5.41) is 3.99. The third kappa shape index (κ3) is 4.24. The van der Waals surface area contributed by atoms with Crippen LogP contribution in [0.1, 0.15) is 52.4 Å². The number of rotatable bonds is 7. The maximum atomic E-state index is 13.1. The van der Waals surface area contributed by atoms with Gasteiger partial charge in [-0.25, -0.2) is 0 Å². The zero-order valence-electron chi connectivity index (χ0n) is 16.6. The smallest absolute Gasteiger partial charge is 0.256 e. The van der Waals surface area contributed by atoms with E-state index in [0.717, 1.165) is 60.9 Å². The normalized spacial score (nSPS) is 22.6. The lowest BCUT2D eigenvalue weighted by Crippen LogP contribution is -2.47. The first kappa shape index (κ1) is 19.6. The number of ether oxygens (including phenoxy) is 2. The lowest BCUT2D eigenvalue weighted by atomic mass is 9.78. The van der Waals surface area contributed by atoms with Crippen molar-refractivity contribution in [3.63, 3.8) is 0 Å². The van der Waals surface area contributed by atoms with Crippen LogP contribution in [0.2, 0.25) is 0 Å². The van der Waals surface area contributed by atoms with Crippen molar-refractivity contribution in [2.24, 2.45) is 5.92 Å². The van der Waals surface area contributed by atoms with Crippen molar-refractivity contribution >= 4 is 22.5 Å². The van der Waals surface area contributed by atoms with E-state index in [4.69, 9.17) is 9.47 Å². The Morgan fingerprint density at radius 3 is 2.96 bits per heavy atom. The average molecular weight is 370 g/mol. The molecule has 0 radical (unpaired) electrons. The summed E-state index contributed by atoms with van der Waals surface area (Å²) in [5.41, 5.74) is 0.776. The summed E-state index contributed by atoms with van der Waals surface area (Å²) < 4.78 is 11.6. The van der Waals surface area contributed by atoms with Gasteiger partial charge in [-0.15, -0.1) is 0 Å². The van der Waals surface area contributed by atoms with E-state index < -0.39 is 5.60 Å². The van der Waals surface area contributed by atoms with Gasteiger partial charge in [0.1, 0.15) is 16.9 Å². The summed E-state index contributed by atoms with van der Waals surface area (Å²) in [6.45, 7) is 4.98. The molecule has 1 aromatic heterocycles. The molecule has 3 rings (SSSR count). The molecule has 0 spiro atoms. The number of methoxy groups -OCH3 is 1. The van der Waals surface area contributed by atoms with E-state index in [-0.39, 0.29) is 5.91 Å². The Morgan fingerprint density at radius 2 is 2.22 bits per heavy atom. The van der Waals surface area contributed by atoms with Crippen LogP contribution in [0.3, 0.4) is 0 Å². The molecule has 1 N–H and O–H groups in total. The van der Waals surface area contributed by atoms with Gasteiger partial charge in [0, 0.05) is 18.7 Å². The second-order valence-electron chi connectivity index (χ2n) is 7.57. The molecular formula is C22H30N2O3. The molecule has 0 bridgehead atoms. The van der Waals surface area contributed by atoms with E-state index in [9.17, 15) is 4.79 Å². The third-order valence-corrected chi connectivity index (χ3v) is 5.50. The van der Waals surface area contributed by atoms with Crippen molar-refractivity contribution in [1.29, 1.82) is 0 Å². The van der Waals surface area contributed by atoms with Crippen molar-refractivity contribution < 1.29 is 14.3 Å². The predicted molar refractivity (Wildman–Crippen MR) is 108 cm³/mol. The number of pyridine rings is 1. The van der Waals surface area contributed by atoms with Crippen LogP contribution in [0.15, 0.2) is 30.5 Å². The van der Waals surface area contributed by atoms with E-state index >= 15 is 0 Å². The van der Waals surface area contributed by atoms with E-state index in [1.54, 1.807) is 13.3 Å². The largest absolute Gasteiger partial charge is 0.491 e. The molecule has 146 valence electrons. The van der Waals surface area contributed by atoms with E-state index in [1.165, 1.54) is 0 Å². The van der Waals surface area contributed by atoms with Crippen molar-refractivity contribution in [3.8, 4) is 5.75 Å². The summed E-state index contributed by atoms with van der Waals surface area (Å²) in [4.78, 5) is 17.6. The SMILES string of the molecule is CCCCOc1ccc(NC(=O)C2(OC)CCCC(C)C2)c2cccnc12. The number of carbonyl (C=O) groups excluding carboxylic acids is 1. The maximum absolute atomic E-state index is 13.1. The topological polar surface area (TPSA) is 60.5 Å². The molecule has 0 saturated heterocycles. The Balaban J connectivity index is 1.86. The van der Waals surface area contributed by atoms with Crippen LogP contribution in [0.4, 0.5) is 5.69 Å². The number of aromatic nitrogens is 1. The number of carbonyl (C=O) groups is 1. The minimum atomic E-state index is -0.748. The molecule has 1 fully saturated rings. The lowest BCUT2D eigenvalue weighted by Gasteiger charge is -2.37. The fourth-order valence-electron chi connectivity index (χ4n) is 3.92. The molecule has 1 aliphatic rings. The van der Waals surface area contributed by atoms with Gasteiger partial charge in [-0.1, -0.05) is 26.7 Å². The van der Waals surface area contributed by atoms with Gasteiger partial charge in [0.25, 0.3) is 5.91 Å². The first-order valence-corrected chi connectivity index (χ1v) is 9.97. The Bertz CT molecular complexity index is 792. The van der Waals surface area contributed by atoms with Gasteiger partial charge < -0.3 is 14.8 Å². The Hall–Kier alpha value is -2.14. The predicted octanol–water partition coefficient (Wildman–Crippen LogP) is 4.95. The van der Waals surface area contributed by atoms with E-state index in [1.807, 2.05) is 24.3 Å². The highest BCUT2D eigenvalue weighted by Gasteiger charge is 2.42. The molecule has 1 aromatic carbocycles. The number of hydrogen-bond acceptors (Lipinski definition) is 4. The minimum Gasteiger partial charge on any atom is -0.491 e. The maximum Gasteiger partial charge on any atom is 0.256 e. The van der Waals surface area contributed by atoms with Crippen LogP contribution in [0, 0.1) is 5.92 Å². The highest BCUT2D eigenvalue weighted by Crippen LogP contribution is 2.37. The van der Waals surface area contributed by atoms with E-state index in [0.29, 0.717) is 12.5 Å².